The van der Waals surface area contributed by atoms with Gasteiger partial charge in [-0.15, -0.1) is 23.7 Å². The summed E-state index contributed by atoms with van der Waals surface area (Å²) in [7, 11) is -3.34. The number of hydrogen-bond donors (Lipinski definition) is 1. The third-order valence-corrected chi connectivity index (χ3v) is 7.79. The molecule has 2 fully saturated rings. The van der Waals surface area contributed by atoms with Crippen molar-refractivity contribution in [3.05, 3.63) is 15.8 Å². The van der Waals surface area contributed by atoms with Gasteiger partial charge in [0.05, 0.1) is 4.90 Å². The Hall–Kier alpha value is -0.140. The minimum absolute atomic E-state index is 0. The van der Waals surface area contributed by atoms with Crippen LogP contribution in [-0.2, 0) is 10.0 Å². The summed E-state index contributed by atoms with van der Waals surface area (Å²) in [5.74, 6) is 0.798. The van der Waals surface area contributed by atoms with E-state index < -0.39 is 10.0 Å². The van der Waals surface area contributed by atoms with E-state index in [2.05, 4.69) is 0 Å². The second-order valence-electron chi connectivity index (χ2n) is 6.12. The van der Waals surface area contributed by atoms with Gasteiger partial charge in [0.25, 0.3) is 0 Å². The van der Waals surface area contributed by atoms with Crippen LogP contribution >= 0.6 is 23.7 Å². The van der Waals surface area contributed by atoms with Crippen molar-refractivity contribution in [3.8, 4) is 0 Å². The molecule has 2 heterocycles. The number of hydrogen-bond acceptors (Lipinski definition) is 4. The molecule has 3 atom stereocenters. The highest BCUT2D eigenvalue weighted by Crippen LogP contribution is 2.39. The van der Waals surface area contributed by atoms with Crippen LogP contribution in [0.25, 0.3) is 0 Å². The highest BCUT2D eigenvalue weighted by Gasteiger charge is 2.43. The summed E-state index contributed by atoms with van der Waals surface area (Å²) in [6.45, 7) is 5.09. The maximum absolute atomic E-state index is 12.8. The number of aryl methyl sites for hydroxylation is 2. The van der Waals surface area contributed by atoms with Gasteiger partial charge in [0.15, 0.2) is 0 Å². The first-order valence-corrected chi connectivity index (χ1v) is 9.48. The Labute approximate surface area is 137 Å². The maximum Gasteiger partial charge on any atom is 0.244 e. The molecule has 1 aromatic rings. The molecule has 1 aromatic heterocycles. The van der Waals surface area contributed by atoms with E-state index in [9.17, 15) is 8.42 Å². The standard InChI is InChI=1S/C14H22N2O2S2.ClH/c1-9-6-14(10(2)19-9)20(17,18)16-7-11-4-3-5-13(15)12(11)8-16;/h6,11-13H,3-5,7-8,15H2,1-2H3;1H. The van der Waals surface area contributed by atoms with Crippen LogP contribution < -0.4 is 5.73 Å². The summed E-state index contributed by atoms with van der Waals surface area (Å²) in [5, 5.41) is 0. The fourth-order valence-electron chi connectivity index (χ4n) is 3.67. The first kappa shape index (κ1) is 17.2. The average molecular weight is 351 g/mol. The van der Waals surface area contributed by atoms with Crippen LogP contribution in [0.4, 0.5) is 0 Å². The van der Waals surface area contributed by atoms with Crippen LogP contribution in [0.15, 0.2) is 11.0 Å². The van der Waals surface area contributed by atoms with Gasteiger partial charge in [-0.2, -0.15) is 4.31 Å². The SMILES string of the molecule is Cc1cc(S(=O)(=O)N2CC3CCCC(N)C3C2)c(C)s1.Cl. The van der Waals surface area contributed by atoms with Gasteiger partial charge in [-0.05, 0) is 44.6 Å². The van der Waals surface area contributed by atoms with Crippen molar-refractivity contribution >= 4 is 33.8 Å². The molecule has 1 aliphatic heterocycles. The lowest BCUT2D eigenvalue weighted by atomic mass is 9.78. The Morgan fingerprint density at radius 1 is 1.29 bits per heavy atom. The van der Waals surface area contributed by atoms with Crippen LogP contribution in [0.5, 0.6) is 0 Å². The van der Waals surface area contributed by atoms with Crippen LogP contribution in [0.3, 0.4) is 0 Å². The van der Waals surface area contributed by atoms with Gasteiger partial charge in [0.1, 0.15) is 0 Å². The predicted octanol–water partition coefficient (Wildman–Crippen LogP) is 2.53. The molecular weight excluding hydrogens is 328 g/mol. The highest BCUT2D eigenvalue weighted by molar-refractivity contribution is 7.89. The summed E-state index contributed by atoms with van der Waals surface area (Å²) in [6, 6.07) is 1.97. The highest BCUT2D eigenvalue weighted by atomic mass is 35.5. The van der Waals surface area contributed by atoms with Crippen molar-refractivity contribution in [1.82, 2.24) is 4.31 Å². The van der Waals surface area contributed by atoms with E-state index in [1.54, 1.807) is 21.7 Å². The summed E-state index contributed by atoms with van der Waals surface area (Å²) >= 11 is 1.55. The van der Waals surface area contributed by atoms with Gasteiger partial charge in [-0.25, -0.2) is 8.42 Å². The number of nitrogens with zero attached hydrogens (tertiary/aromatic N) is 1. The molecule has 2 aliphatic rings. The minimum Gasteiger partial charge on any atom is -0.327 e. The van der Waals surface area contributed by atoms with E-state index in [1.807, 2.05) is 13.8 Å². The zero-order chi connectivity index (χ0) is 14.5. The third-order valence-electron chi connectivity index (χ3n) is 4.73. The van der Waals surface area contributed by atoms with Crippen molar-refractivity contribution in [3.63, 3.8) is 0 Å². The maximum atomic E-state index is 12.8. The fraction of sp³-hybridized carbons (Fsp3) is 0.714. The molecule has 4 nitrogen and oxygen atoms in total. The number of thiophene rings is 1. The first-order chi connectivity index (χ1) is 9.39. The largest absolute Gasteiger partial charge is 0.327 e. The normalized spacial score (nSPS) is 30.0. The van der Waals surface area contributed by atoms with E-state index in [-0.39, 0.29) is 18.4 Å². The Morgan fingerprint density at radius 2 is 2.00 bits per heavy atom. The molecule has 3 unspecified atom stereocenters. The number of rotatable bonds is 2. The van der Waals surface area contributed by atoms with Crippen molar-refractivity contribution in [2.75, 3.05) is 13.1 Å². The Balaban J connectivity index is 0.00000161. The van der Waals surface area contributed by atoms with Crippen molar-refractivity contribution in [1.29, 1.82) is 0 Å². The van der Waals surface area contributed by atoms with Gasteiger partial charge in [0, 0.05) is 28.9 Å². The monoisotopic (exact) mass is 350 g/mol. The van der Waals surface area contributed by atoms with Gasteiger partial charge < -0.3 is 5.73 Å². The zero-order valence-electron chi connectivity index (χ0n) is 12.4. The number of sulfonamides is 1. The number of halogens is 1. The molecule has 1 saturated heterocycles. The van der Waals surface area contributed by atoms with E-state index in [4.69, 9.17) is 5.73 Å². The molecule has 0 aromatic carbocycles. The predicted molar refractivity (Wildman–Crippen MR) is 88.6 cm³/mol. The Kier molecular flexibility index (Phi) is 5.05. The van der Waals surface area contributed by atoms with Crippen LogP contribution in [-0.4, -0.2) is 31.9 Å². The quantitative estimate of drug-likeness (QED) is 0.891. The molecule has 1 aliphatic carbocycles. The van der Waals surface area contributed by atoms with Crippen molar-refractivity contribution in [2.24, 2.45) is 17.6 Å². The van der Waals surface area contributed by atoms with Crippen LogP contribution in [0, 0.1) is 25.7 Å². The van der Waals surface area contributed by atoms with Crippen molar-refractivity contribution < 1.29 is 8.42 Å². The molecule has 0 spiro atoms. The van der Waals surface area contributed by atoms with E-state index >= 15 is 0 Å². The molecule has 0 amide bonds. The molecule has 0 radical (unpaired) electrons. The molecule has 120 valence electrons. The molecule has 3 rings (SSSR count). The third kappa shape index (κ3) is 3.01. The minimum atomic E-state index is -3.34. The molecule has 1 saturated carbocycles. The molecular formula is C14H23ClN2O2S2. The zero-order valence-corrected chi connectivity index (χ0v) is 14.9. The van der Waals surface area contributed by atoms with Gasteiger partial charge in [0.2, 0.25) is 10.0 Å². The Bertz CT molecular complexity index is 614. The van der Waals surface area contributed by atoms with Gasteiger partial charge >= 0.3 is 0 Å². The smallest absolute Gasteiger partial charge is 0.244 e. The second kappa shape index (κ2) is 6.16. The van der Waals surface area contributed by atoms with Crippen LogP contribution in [0.1, 0.15) is 29.0 Å². The molecule has 7 heteroatoms. The topological polar surface area (TPSA) is 63.4 Å². The molecule has 21 heavy (non-hydrogen) atoms. The lowest BCUT2D eigenvalue weighted by molar-refractivity contribution is 0.260. The summed E-state index contributed by atoms with van der Waals surface area (Å²) in [5.41, 5.74) is 6.18. The van der Waals surface area contributed by atoms with Gasteiger partial charge in [-0.3, -0.25) is 0 Å². The molecule has 2 N–H and O–H groups in total. The van der Waals surface area contributed by atoms with Crippen LogP contribution in [0.2, 0.25) is 0 Å². The fourth-order valence-corrected chi connectivity index (χ4v) is 6.73. The van der Waals surface area contributed by atoms with E-state index in [0.717, 1.165) is 29.0 Å². The Morgan fingerprint density at radius 3 is 2.57 bits per heavy atom. The van der Waals surface area contributed by atoms with Gasteiger partial charge in [-0.1, -0.05) is 6.42 Å². The summed E-state index contributed by atoms with van der Waals surface area (Å²) < 4.78 is 27.3. The second-order valence-corrected chi connectivity index (χ2v) is 9.49. The lowest BCUT2D eigenvalue weighted by Gasteiger charge is -2.29. The first-order valence-electron chi connectivity index (χ1n) is 7.22. The van der Waals surface area contributed by atoms with E-state index in [0.29, 0.717) is 29.8 Å². The summed E-state index contributed by atoms with van der Waals surface area (Å²) in [4.78, 5) is 2.43. The lowest BCUT2D eigenvalue weighted by Crippen LogP contribution is -2.38. The number of fused-ring (bicyclic) bond motifs is 1. The van der Waals surface area contributed by atoms with Crippen molar-refractivity contribution in [2.45, 2.75) is 44.0 Å². The molecule has 0 bridgehead atoms. The summed E-state index contributed by atoms with van der Waals surface area (Å²) in [6.07, 6.45) is 3.28. The average Bonchev–Trinajstić information content (AvgIpc) is 2.94. The number of nitrogens with two attached hydrogens (primary N) is 1. The van der Waals surface area contributed by atoms with E-state index in [1.165, 1.54) is 0 Å².